The Morgan fingerprint density at radius 2 is 1.35 bits per heavy atom. The van der Waals surface area contributed by atoms with Gasteiger partial charge in [0.15, 0.2) is 0 Å². The summed E-state index contributed by atoms with van der Waals surface area (Å²) in [7, 11) is 0. The van der Waals surface area contributed by atoms with E-state index < -0.39 is 12.2 Å². The SMILES string of the molecule is CCCC1C2=C(CC(C)(C)CC2O)OC2=C1C(O)CC(C)(C)C2. The Labute approximate surface area is 140 Å². The van der Waals surface area contributed by atoms with E-state index in [1.165, 1.54) is 0 Å². The zero-order valence-electron chi connectivity index (χ0n) is 15.3. The Hall–Kier alpha value is -0.800. The number of ether oxygens (including phenoxy) is 1. The van der Waals surface area contributed by atoms with Gasteiger partial charge in [0.2, 0.25) is 0 Å². The monoisotopic (exact) mass is 320 g/mol. The molecule has 2 unspecified atom stereocenters. The van der Waals surface area contributed by atoms with Crippen LogP contribution >= 0.6 is 0 Å². The van der Waals surface area contributed by atoms with Crippen LogP contribution < -0.4 is 0 Å². The molecule has 3 nitrogen and oxygen atoms in total. The number of aliphatic hydroxyl groups is 2. The first-order chi connectivity index (χ1) is 10.6. The third kappa shape index (κ3) is 3.10. The van der Waals surface area contributed by atoms with Gasteiger partial charge in [-0.05, 0) is 30.1 Å². The van der Waals surface area contributed by atoms with Gasteiger partial charge in [0.05, 0.1) is 12.2 Å². The summed E-state index contributed by atoms with van der Waals surface area (Å²) < 4.78 is 6.32. The molecule has 0 aromatic carbocycles. The first-order valence-electron chi connectivity index (χ1n) is 9.13. The van der Waals surface area contributed by atoms with Gasteiger partial charge in [0.1, 0.15) is 11.5 Å². The lowest BCUT2D eigenvalue weighted by Crippen LogP contribution is -2.41. The van der Waals surface area contributed by atoms with Gasteiger partial charge in [-0.1, -0.05) is 41.0 Å². The van der Waals surface area contributed by atoms with Crippen molar-refractivity contribution < 1.29 is 14.9 Å². The van der Waals surface area contributed by atoms with E-state index in [2.05, 4.69) is 34.6 Å². The molecule has 23 heavy (non-hydrogen) atoms. The molecule has 1 heterocycles. The molecule has 0 aromatic heterocycles. The van der Waals surface area contributed by atoms with Crippen molar-refractivity contribution in [2.24, 2.45) is 16.7 Å². The van der Waals surface area contributed by atoms with E-state index in [1.54, 1.807) is 0 Å². The van der Waals surface area contributed by atoms with Crippen molar-refractivity contribution in [1.82, 2.24) is 0 Å². The van der Waals surface area contributed by atoms with E-state index in [9.17, 15) is 10.2 Å². The predicted molar refractivity (Wildman–Crippen MR) is 91.6 cm³/mol. The fourth-order valence-electron chi connectivity index (χ4n) is 4.82. The quantitative estimate of drug-likeness (QED) is 0.797. The summed E-state index contributed by atoms with van der Waals surface area (Å²) in [5.41, 5.74) is 2.25. The summed E-state index contributed by atoms with van der Waals surface area (Å²) in [5, 5.41) is 21.5. The number of allylic oxidation sites excluding steroid dienone is 2. The molecule has 2 N–H and O–H groups in total. The van der Waals surface area contributed by atoms with E-state index in [1.807, 2.05) is 0 Å². The predicted octanol–water partition coefficient (Wildman–Crippen LogP) is 4.30. The molecule has 0 fully saturated rings. The Morgan fingerprint density at radius 1 is 0.913 bits per heavy atom. The van der Waals surface area contributed by atoms with Gasteiger partial charge < -0.3 is 14.9 Å². The maximum atomic E-state index is 10.8. The zero-order valence-corrected chi connectivity index (χ0v) is 15.3. The van der Waals surface area contributed by atoms with Crippen molar-refractivity contribution >= 4 is 0 Å². The molecule has 0 bridgehead atoms. The van der Waals surface area contributed by atoms with E-state index >= 15 is 0 Å². The zero-order chi connectivity index (χ0) is 17.0. The fraction of sp³-hybridized carbons (Fsp3) is 0.800. The van der Waals surface area contributed by atoms with Crippen LogP contribution in [-0.2, 0) is 4.74 Å². The number of rotatable bonds is 2. The minimum absolute atomic E-state index is 0.0654. The Bertz CT molecular complexity index is 507. The van der Waals surface area contributed by atoms with Crippen molar-refractivity contribution in [3.63, 3.8) is 0 Å². The highest BCUT2D eigenvalue weighted by atomic mass is 16.5. The second kappa shape index (κ2) is 5.63. The van der Waals surface area contributed by atoms with Gasteiger partial charge in [0.25, 0.3) is 0 Å². The molecular formula is C20H32O3. The van der Waals surface area contributed by atoms with Gasteiger partial charge in [0, 0.05) is 29.9 Å². The number of aliphatic hydroxyl groups excluding tert-OH is 2. The molecule has 3 rings (SSSR count). The smallest absolute Gasteiger partial charge is 0.106 e. The van der Waals surface area contributed by atoms with Crippen LogP contribution in [-0.4, -0.2) is 22.4 Å². The standard InChI is InChI=1S/C20H32O3/c1-6-7-12-17-13(21)8-19(2,3)10-15(17)23-16-11-20(4,5)9-14(22)18(12)16/h12-14,21-22H,6-11H2,1-5H3. The molecular weight excluding hydrogens is 288 g/mol. The second-order valence-electron chi connectivity index (χ2n) is 9.32. The number of hydrogen-bond donors (Lipinski definition) is 2. The first-order valence-corrected chi connectivity index (χ1v) is 9.13. The highest BCUT2D eigenvalue weighted by Crippen LogP contribution is 2.53. The van der Waals surface area contributed by atoms with Gasteiger partial charge in [-0.25, -0.2) is 0 Å². The molecule has 1 aliphatic heterocycles. The highest BCUT2D eigenvalue weighted by molar-refractivity contribution is 5.39. The van der Waals surface area contributed by atoms with Crippen LogP contribution in [0, 0.1) is 16.7 Å². The molecule has 0 saturated heterocycles. The summed E-state index contributed by atoms with van der Waals surface area (Å²) in [6.07, 6.45) is 4.46. The molecule has 0 aromatic rings. The molecule has 2 aliphatic carbocycles. The van der Waals surface area contributed by atoms with Gasteiger partial charge in [-0.15, -0.1) is 0 Å². The third-order valence-corrected chi connectivity index (χ3v) is 5.71. The lowest BCUT2D eigenvalue weighted by atomic mass is 9.65. The lowest BCUT2D eigenvalue weighted by molar-refractivity contribution is 0.0463. The number of hydrogen-bond acceptors (Lipinski definition) is 3. The molecule has 0 amide bonds. The van der Waals surface area contributed by atoms with Crippen LogP contribution in [0.3, 0.4) is 0 Å². The van der Waals surface area contributed by atoms with Crippen LogP contribution in [0.5, 0.6) is 0 Å². The highest BCUT2D eigenvalue weighted by Gasteiger charge is 2.46. The third-order valence-electron chi connectivity index (χ3n) is 5.71. The Morgan fingerprint density at radius 3 is 1.74 bits per heavy atom. The van der Waals surface area contributed by atoms with Crippen LogP contribution in [0.2, 0.25) is 0 Å². The summed E-state index contributed by atoms with van der Waals surface area (Å²) in [5.74, 6) is 2.13. The van der Waals surface area contributed by atoms with E-state index in [-0.39, 0.29) is 16.7 Å². The lowest BCUT2D eigenvalue weighted by Gasteiger charge is -2.47. The molecule has 130 valence electrons. The van der Waals surface area contributed by atoms with E-state index in [4.69, 9.17) is 4.74 Å². The molecule has 0 saturated carbocycles. The minimum Gasteiger partial charge on any atom is -0.466 e. The van der Waals surface area contributed by atoms with Crippen LogP contribution in [0.25, 0.3) is 0 Å². The largest absolute Gasteiger partial charge is 0.466 e. The minimum atomic E-state index is -0.443. The average molecular weight is 320 g/mol. The van der Waals surface area contributed by atoms with Crippen molar-refractivity contribution in [3.05, 3.63) is 22.7 Å². The maximum Gasteiger partial charge on any atom is 0.106 e. The molecule has 2 atom stereocenters. The second-order valence-corrected chi connectivity index (χ2v) is 9.32. The van der Waals surface area contributed by atoms with Gasteiger partial charge in [-0.3, -0.25) is 0 Å². The normalized spacial score (nSPS) is 35.5. The summed E-state index contributed by atoms with van der Waals surface area (Å²) in [6.45, 7) is 11.0. The Balaban J connectivity index is 2.03. The molecule has 0 radical (unpaired) electrons. The maximum absolute atomic E-state index is 10.8. The van der Waals surface area contributed by atoms with Crippen molar-refractivity contribution in [3.8, 4) is 0 Å². The van der Waals surface area contributed by atoms with Gasteiger partial charge >= 0.3 is 0 Å². The summed E-state index contributed by atoms with van der Waals surface area (Å²) in [6, 6.07) is 0. The Kier molecular flexibility index (Phi) is 4.17. The van der Waals surface area contributed by atoms with Crippen molar-refractivity contribution in [2.45, 2.75) is 85.4 Å². The molecule has 0 spiro atoms. The summed E-state index contributed by atoms with van der Waals surface area (Å²) in [4.78, 5) is 0. The van der Waals surface area contributed by atoms with Crippen molar-refractivity contribution in [2.75, 3.05) is 0 Å². The fourth-order valence-corrected chi connectivity index (χ4v) is 4.82. The summed E-state index contributed by atoms with van der Waals surface area (Å²) >= 11 is 0. The van der Waals surface area contributed by atoms with E-state index in [0.717, 1.165) is 61.2 Å². The molecule has 3 aliphatic rings. The van der Waals surface area contributed by atoms with E-state index in [0.29, 0.717) is 0 Å². The van der Waals surface area contributed by atoms with Crippen molar-refractivity contribution in [1.29, 1.82) is 0 Å². The van der Waals surface area contributed by atoms with Gasteiger partial charge in [-0.2, -0.15) is 0 Å². The van der Waals surface area contributed by atoms with Crippen LogP contribution in [0.4, 0.5) is 0 Å². The molecule has 3 heteroatoms. The van der Waals surface area contributed by atoms with Crippen LogP contribution in [0.1, 0.15) is 73.1 Å². The topological polar surface area (TPSA) is 49.7 Å². The average Bonchev–Trinajstić information content (AvgIpc) is 2.33. The van der Waals surface area contributed by atoms with Crippen LogP contribution in [0.15, 0.2) is 22.7 Å². The first kappa shape index (κ1) is 17.0.